The third-order valence-electron chi connectivity index (χ3n) is 1.81. The molecule has 8 nitrogen and oxygen atoms in total. The van der Waals surface area contributed by atoms with E-state index in [0.717, 1.165) is 6.92 Å². The third-order valence-corrected chi connectivity index (χ3v) is 2.61. The molecule has 2 N–H and O–H groups in total. The fourth-order valence-electron chi connectivity index (χ4n) is 1.16. The number of primary sulfonamides is 1. The number of rotatable bonds is 3. The van der Waals surface area contributed by atoms with Crippen LogP contribution in [0.3, 0.4) is 0 Å². The molecule has 12 heteroatoms. The van der Waals surface area contributed by atoms with E-state index in [1.165, 1.54) is 0 Å². The van der Waals surface area contributed by atoms with Crippen LogP contribution in [0.1, 0.15) is 5.56 Å². The molecule has 1 aromatic heterocycles. The summed E-state index contributed by atoms with van der Waals surface area (Å²) in [5.74, 6) is -1.48. The maximum absolute atomic E-state index is 12.1. The van der Waals surface area contributed by atoms with E-state index in [4.69, 9.17) is 0 Å². The van der Waals surface area contributed by atoms with Gasteiger partial charge in [0.1, 0.15) is 0 Å². The van der Waals surface area contributed by atoms with Crippen LogP contribution in [0.25, 0.3) is 0 Å². The zero-order chi connectivity index (χ0) is 15.0. The molecule has 0 radical (unpaired) electrons. The number of ether oxygens (including phenoxy) is 1. The number of nitro groups is 1. The zero-order valence-electron chi connectivity index (χ0n) is 9.13. The number of nitrogens with zero attached hydrogens (tertiary/aromatic N) is 2. The molecule has 19 heavy (non-hydrogen) atoms. The number of pyridine rings is 1. The number of hydrogen-bond donors (Lipinski definition) is 1. The fourth-order valence-corrected chi connectivity index (χ4v) is 1.71. The largest absolute Gasteiger partial charge is 0.574 e. The van der Waals surface area contributed by atoms with Crippen LogP contribution in [0.5, 0.6) is 5.88 Å². The van der Waals surface area contributed by atoms with Crippen molar-refractivity contribution in [2.45, 2.75) is 18.3 Å². The van der Waals surface area contributed by atoms with Gasteiger partial charge in [0.2, 0.25) is 0 Å². The molecule has 0 aliphatic heterocycles. The molecule has 106 valence electrons. The first kappa shape index (κ1) is 15.1. The average molecular weight is 301 g/mol. The SMILES string of the molecule is Cc1cc(S(N)(=O)=O)nc(OC(F)(F)F)c1[N+](=O)[O-]. The summed E-state index contributed by atoms with van der Waals surface area (Å²) in [6.45, 7) is 1.03. The second-order valence-corrected chi connectivity index (χ2v) is 4.79. The van der Waals surface area contributed by atoms with Crippen molar-refractivity contribution >= 4 is 15.7 Å². The molecule has 0 saturated carbocycles. The molecule has 1 heterocycles. The van der Waals surface area contributed by atoms with Crippen molar-refractivity contribution in [2.75, 3.05) is 0 Å². The van der Waals surface area contributed by atoms with E-state index < -0.39 is 37.9 Å². The van der Waals surface area contributed by atoms with E-state index in [0.29, 0.717) is 6.07 Å². The standard InChI is InChI=1S/C7H6F3N3O5S/c1-3-2-4(19(11,16)17)12-6(5(3)13(14)15)18-7(8,9)10/h2H,1H3,(H2,11,16,17). The average Bonchev–Trinajstić information content (AvgIpc) is 2.11. The van der Waals surface area contributed by atoms with Gasteiger partial charge < -0.3 is 4.74 Å². The van der Waals surface area contributed by atoms with Crippen molar-refractivity contribution in [3.63, 3.8) is 0 Å². The Morgan fingerprint density at radius 3 is 2.37 bits per heavy atom. The second kappa shape index (κ2) is 4.62. The van der Waals surface area contributed by atoms with Crippen molar-refractivity contribution in [1.29, 1.82) is 0 Å². The maximum atomic E-state index is 12.1. The van der Waals surface area contributed by atoms with Crippen LogP contribution in [0.4, 0.5) is 18.9 Å². The highest BCUT2D eigenvalue weighted by atomic mass is 32.2. The minimum atomic E-state index is -5.26. The van der Waals surface area contributed by atoms with E-state index >= 15 is 0 Å². The van der Waals surface area contributed by atoms with E-state index in [1.807, 2.05) is 0 Å². The van der Waals surface area contributed by atoms with Gasteiger partial charge in [-0.1, -0.05) is 0 Å². The van der Waals surface area contributed by atoms with Crippen molar-refractivity contribution in [3.05, 3.63) is 21.7 Å². The maximum Gasteiger partial charge on any atom is 0.574 e. The normalized spacial score (nSPS) is 12.3. The second-order valence-electron chi connectivity index (χ2n) is 3.28. The summed E-state index contributed by atoms with van der Waals surface area (Å²) in [7, 11) is -4.43. The van der Waals surface area contributed by atoms with Gasteiger partial charge in [-0.15, -0.1) is 13.2 Å². The third kappa shape index (κ3) is 3.75. The summed E-state index contributed by atoms with van der Waals surface area (Å²) >= 11 is 0. The molecule has 0 amide bonds. The van der Waals surface area contributed by atoms with Gasteiger partial charge in [0.05, 0.1) is 4.92 Å². The summed E-state index contributed by atoms with van der Waals surface area (Å²) in [5.41, 5.74) is -1.48. The van der Waals surface area contributed by atoms with Crippen LogP contribution < -0.4 is 9.88 Å². The minimum Gasteiger partial charge on any atom is -0.381 e. The highest BCUT2D eigenvalue weighted by Gasteiger charge is 2.37. The molecule has 0 aliphatic carbocycles. The van der Waals surface area contributed by atoms with E-state index in [9.17, 15) is 31.7 Å². The highest BCUT2D eigenvalue weighted by Crippen LogP contribution is 2.33. The lowest BCUT2D eigenvalue weighted by Crippen LogP contribution is -2.21. The van der Waals surface area contributed by atoms with Crippen molar-refractivity contribution in [1.82, 2.24) is 4.98 Å². The van der Waals surface area contributed by atoms with Crippen molar-refractivity contribution in [2.24, 2.45) is 5.14 Å². The molecule has 0 unspecified atom stereocenters. The number of hydrogen-bond acceptors (Lipinski definition) is 6. The first-order valence-corrected chi connectivity index (χ1v) is 5.91. The Balaban J connectivity index is 3.55. The van der Waals surface area contributed by atoms with Gasteiger partial charge in [0, 0.05) is 5.56 Å². The number of sulfonamides is 1. The zero-order valence-corrected chi connectivity index (χ0v) is 9.95. The van der Waals surface area contributed by atoms with Crippen molar-refractivity contribution < 1.29 is 31.2 Å². The quantitative estimate of drug-likeness (QED) is 0.651. The molecule has 0 spiro atoms. The number of halogens is 3. The van der Waals surface area contributed by atoms with Crippen LogP contribution in [0, 0.1) is 17.0 Å². The van der Waals surface area contributed by atoms with Crippen LogP contribution in [-0.4, -0.2) is 24.7 Å². The first-order valence-electron chi connectivity index (χ1n) is 4.36. The van der Waals surface area contributed by atoms with Gasteiger partial charge in [-0.2, -0.15) is 4.98 Å². The van der Waals surface area contributed by atoms with Gasteiger partial charge in [-0.25, -0.2) is 13.6 Å². The summed E-state index contributed by atoms with van der Waals surface area (Å²) < 4.78 is 61.6. The lowest BCUT2D eigenvalue weighted by Gasteiger charge is -2.10. The molecule has 0 saturated heterocycles. The Kier molecular flexibility index (Phi) is 3.67. The Morgan fingerprint density at radius 2 is 2.00 bits per heavy atom. The molecular weight excluding hydrogens is 295 g/mol. The minimum absolute atomic E-state index is 0.386. The summed E-state index contributed by atoms with van der Waals surface area (Å²) in [5, 5.41) is 14.4. The predicted molar refractivity (Wildman–Crippen MR) is 53.7 cm³/mol. The number of nitrogens with two attached hydrogens (primary N) is 1. The van der Waals surface area contributed by atoms with Gasteiger partial charge in [-0.3, -0.25) is 10.1 Å². The Hall–Kier alpha value is -1.95. The molecule has 0 fully saturated rings. The molecule has 1 aromatic rings. The van der Waals surface area contributed by atoms with Gasteiger partial charge in [0.25, 0.3) is 10.0 Å². The summed E-state index contributed by atoms with van der Waals surface area (Å²) in [6.07, 6.45) is -5.26. The summed E-state index contributed by atoms with van der Waals surface area (Å²) in [4.78, 5) is 12.4. The highest BCUT2D eigenvalue weighted by molar-refractivity contribution is 7.89. The Morgan fingerprint density at radius 1 is 1.47 bits per heavy atom. The van der Waals surface area contributed by atoms with E-state index in [2.05, 4.69) is 14.9 Å². The number of aryl methyl sites for hydroxylation is 1. The van der Waals surface area contributed by atoms with Crippen LogP contribution in [-0.2, 0) is 10.0 Å². The molecule has 0 bridgehead atoms. The molecular formula is C7H6F3N3O5S. The predicted octanol–water partition coefficient (Wildman–Crippen LogP) is 0.844. The van der Waals surface area contributed by atoms with Gasteiger partial charge in [0.15, 0.2) is 5.03 Å². The monoisotopic (exact) mass is 301 g/mol. The molecule has 0 atom stereocenters. The van der Waals surface area contributed by atoms with E-state index in [-0.39, 0.29) is 5.56 Å². The fraction of sp³-hybridized carbons (Fsp3) is 0.286. The molecule has 0 aliphatic rings. The topological polar surface area (TPSA) is 125 Å². The lowest BCUT2D eigenvalue weighted by atomic mass is 10.2. The van der Waals surface area contributed by atoms with Crippen molar-refractivity contribution in [3.8, 4) is 5.88 Å². The smallest absolute Gasteiger partial charge is 0.381 e. The number of aromatic nitrogens is 1. The number of alkyl halides is 3. The van der Waals surface area contributed by atoms with Crippen LogP contribution in [0.15, 0.2) is 11.1 Å². The first-order chi connectivity index (χ1) is 8.42. The van der Waals surface area contributed by atoms with Crippen LogP contribution in [0.2, 0.25) is 0 Å². The molecule has 0 aromatic carbocycles. The van der Waals surface area contributed by atoms with Crippen LogP contribution >= 0.6 is 0 Å². The summed E-state index contributed by atoms with van der Waals surface area (Å²) in [6, 6.07) is 0.677. The Bertz CT molecular complexity index is 628. The van der Waals surface area contributed by atoms with E-state index in [1.54, 1.807) is 0 Å². The van der Waals surface area contributed by atoms with Gasteiger partial charge >= 0.3 is 17.9 Å². The van der Waals surface area contributed by atoms with Gasteiger partial charge in [-0.05, 0) is 13.0 Å². The lowest BCUT2D eigenvalue weighted by molar-refractivity contribution is -0.389. The Labute approximate surface area is 104 Å². The molecule has 1 rings (SSSR count).